The number of nitrogens with zero attached hydrogens (tertiary/aromatic N) is 2. The lowest BCUT2D eigenvalue weighted by atomic mass is 9.94. The number of hydrogen-bond acceptors (Lipinski definition) is 3. The van der Waals surface area contributed by atoms with Crippen molar-refractivity contribution in [3.63, 3.8) is 0 Å². The summed E-state index contributed by atoms with van der Waals surface area (Å²) < 4.78 is 1.34. The fourth-order valence-electron chi connectivity index (χ4n) is 3.50. The molecule has 0 saturated carbocycles. The van der Waals surface area contributed by atoms with Crippen LogP contribution in [0.3, 0.4) is 0 Å². The van der Waals surface area contributed by atoms with Crippen molar-refractivity contribution in [1.82, 2.24) is 14.5 Å². The minimum atomic E-state index is -1.04. The lowest BCUT2D eigenvalue weighted by Crippen LogP contribution is -2.50. The average molecular weight is 351 g/mol. The van der Waals surface area contributed by atoms with Gasteiger partial charge in [0.05, 0.1) is 11.0 Å². The van der Waals surface area contributed by atoms with Crippen LogP contribution in [0.5, 0.6) is 0 Å². The molecule has 0 aliphatic carbocycles. The van der Waals surface area contributed by atoms with Gasteiger partial charge < -0.3 is 15.0 Å². The summed E-state index contributed by atoms with van der Waals surface area (Å²) in [7, 11) is 0. The predicted molar refractivity (Wildman–Crippen MR) is 94.7 cm³/mol. The van der Waals surface area contributed by atoms with Gasteiger partial charge in [-0.2, -0.15) is 0 Å². The van der Waals surface area contributed by atoms with Crippen LogP contribution >= 0.6 is 0 Å². The highest BCUT2D eigenvalue weighted by molar-refractivity contribution is 5.85. The van der Waals surface area contributed by atoms with Crippen molar-refractivity contribution in [2.45, 2.75) is 25.6 Å². The van der Waals surface area contributed by atoms with Gasteiger partial charge in [-0.15, -0.1) is 0 Å². The molecule has 4 rings (SSSR count). The van der Waals surface area contributed by atoms with Crippen molar-refractivity contribution in [3.05, 3.63) is 70.1 Å². The van der Waals surface area contributed by atoms with Crippen LogP contribution in [0.4, 0.5) is 0 Å². The minimum absolute atomic E-state index is 0.200. The Labute approximate surface area is 148 Å². The standard InChI is InChI=1S/C19H17N3O4/c23-17(11-22-15-8-4-3-7-14(15)20-19(22)26)21-10-13-6-2-1-5-12(13)9-16(21)18(24)25/h1-8,16H,9-11H2,(H,20,26)(H,24,25)/t16-/m0/s1. The van der Waals surface area contributed by atoms with Crippen LogP contribution in [0.2, 0.25) is 0 Å². The van der Waals surface area contributed by atoms with E-state index in [0.29, 0.717) is 11.0 Å². The maximum absolute atomic E-state index is 12.9. The number of carbonyl (C=O) groups excluding carboxylic acids is 1. The minimum Gasteiger partial charge on any atom is -0.480 e. The number of amides is 1. The third-order valence-corrected chi connectivity index (χ3v) is 4.83. The van der Waals surface area contributed by atoms with Crippen LogP contribution in [0.15, 0.2) is 53.3 Å². The number of carboxylic acid groups (broad SMARTS) is 1. The average Bonchev–Trinajstić information content (AvgIpc) is 2.96. The summed E-state index contributed by atoms with van der Waals surface area (Å²) in [6, 6.07) is 13.7. The van der Waals surface area contributed by atoms with Crippen LogP contribution in [0.25, 0.3) is 11.0 Å². The van der Waals surface area contributed by atoms with Crippen molar-refractivity contribution in [2.75, 3.05) is 0 Å². The summed E-state index contributed by atoms with van der Waals surface area (Å²) in [6.45, 7) is 0.0257. The Bertz CT molecular complexity index is 1070. The molecule has 0 bridgehead atoms. The topological polar surface area (TPSA) is 95.4 Å². The molecule has 0 saturated heterocycles. The molecule has 0 unspecified atom stereocenters. The van der Waals surface area contributed by atoms with E-state index < -0.39 is 17.9 Å². The second-order valence-electron chi connectivity index (χ2n) is 6.38. The number of carbonyl (C=O) groups is 2. The van der Waals surface area contributed by atoms with E-state index in [1.165, 1.54) is 9.47 Å². The van der Waals surface area contributed by atoms with Gasteiger partial charge in [0.1, 0.15) is 12.6 Å². The normalized spacial score (nSPS) is 16.5. The number of imidazole rings is 1. The molecule has 2 heterocycles. The van der Waals surface area contributed by atoms with Gasteiger partial charge in [-0.3, -0.25) is 9.36 Å². The van der Waals surface area contributed by atoms with Crippen molar-refractivity contribution < 1.29 is 14.7 Å². The zero-order valence-corrected chi connectivity index (χ0v) is 13.9. The lowest BCUT2D eigenvalue weighted by molar-refractivity contribution is -0.151. The number of rotatable bonds is 3. The van der Waals surface area contributed by atoms with E-state index in [-0.39, 0.29) is 25.2 Å². The molecule has 0 radical (unpaired) electrons. The van der Waals surface area contributed by atoms with Crippen molar-refractivity contribution in [2.24, 2.45) is 0 Å². The Morgan fingerprint density at radius 1 is 1.08 bits per heavy atom. The Morgan fingerprint density at radius 3 is 2.54 bits per heavy atom. The SMILES string of the molecule is O=C(O)[C@@H]1Cc2ccccc2CN1C(=O)Cn1c(=O)[nH]c2ccccc21. The maximum Gasteiger partial charge on any atom is 0.326 e. The van der Waals surface area contributed by atoms with E-state index >= 15 is 0 Å². The van der Waals surface area contributed by atoms with Gasteiger partial charge in [0.25, 0.3) is 0 Å². The van der Waals surface area contributed by atoms with Crippen LogP contribution in [-0.2, 0) is 29.1 Å². The number of H-pyrrole nitrogens is 1. The van der Waals surface area contributed by atoms with Crippen molar-refractivity contribution >= 4 is 22.9 Å². The Hall–Kier alpha value is -3.35. The molecule has 1 amide bonds. The zero-order valence-electron chi connectivity index (χ0n) is 13.9. The van der Waals surface area contributed by atoms with Gasteiger partial charge in [0.2, 0.25) is 5.91 Å². The number of para-hydroxylation sites is 2. The summed E-state index contributed by atoms with van der Waals surface area (Å²) in [4.78, 5) is 40.8. The molecule has 1 aromatic heterocycles. The third kappa shape index (κ3) is 2.67. The predicted octanol–water partition coefficient (Wildman–Crippen LogP) is 1.37. The fourth-order valence-corrected chi connectivity index (χ4v) is 3.50. The summed E-state index contributed by atoms with van der Waals surface area (Å²) in [6.07, 6.45) is 0.264. The van der Waals surface area contributed by atoms with E-state index in [9.17, 15) is 19.5 Å². The first-order valence-electron chi connectivity index (χ1n) is 8.31. The number of carboxylic acids is 1. The summed E-state index contributed by atoms with van der Waals surface area (Å²) in [5, 5.41) is 9.57. The first-order chi connectivity index (χ1) is 12.5. The summed E-state index contributed by atoms with van der Waals surface area (Å²) in [5.74, 6) is -1.43. The molecule has 132 valence electrons. The van der Waals surface area contributed by atoms with Gasteiger partial charge in [-0.05, 0) is 23.3 Å². The molecular weight excluding hydrogens is 334 g/mol. The van der Waals surface area contributed by atoms with Crippen molar-refractivity contribution in [1.29, 1.82) is 0 Å². The highest BCUT2D eigenvalue weighted by atomic mass is 16.4. The molecule has 1 atom stereocenters. The van der Waals surface area contributed by atoms with E-state index in [4.69, 9.17) is 0 Å². The highest BCUT2D eigenvalue weighted by Crippen LogP contribution is 2.24. The van der Waals surface area contributed by atoms with E-state index in [1.54, 1.807) is 24.3 Å². The van der Waals surface area contributed by atoms with Gasteiger partial charge in [0, 0.05) is 13.0 Å². The summed E-state index contributed by atoms with van der Waals surface area (Å²) in [5.41, 5.74) is 2.75. The van der Waals surface area contributed by atoms with Gasteiger partial charge in [0.15, 0.2) is 0 Å². The Kier molecular flexibility index (Phi) is 3.84. The number of hydrogen-bond donors (Lipinski definition) is 2. The molecule has 0 fully saturated rings. The largest absolute Gasteiger partial charge is 0.480 e. The molecule has 3 aromatic rings. The second kappa shape index (κ2) is 6.18. The molecule has 7 nitrogen and oxygen atoms in total. The van der Waals surface area contributed by atoms with Gasteiger partial charge in [-0.25, -0.2) is 9.59 Å². The van der Waals surface area contributed by atoms with Crippen LogP contribution < -0.4 is 5.69 Å². The first kappa shape index (κ1) is 16.1. The number of aromatic amines is 1. The Morgan fingerprint density at radius 2 is 1.77 bits per heavy atom. The zero-order chi connectivity index (χ0) is 18.3. The summed E-state index contributed by atoms with van der Waals surface area (Å²) >= 11 is 0. The van der Waals surface area contributed by atoms with Crippen LogP contribution in [0, 0.1) is 0 Å². The quantitative estimate of drug-likeness (QED) is 0.745. The van der Waals surface area contributed by atoms with Gasteiger partial charge in [-0.1, -0.05) is 36.4 Å². The van der Waals surface area contributed by atoms with Crippen molar-refractivity contribution in [3.8, 4) is 0 Å². The molecule has 7 heteroatoms. The number of nitrogens with one attached hydrogen (secondary N) is 1. The Balaban J connectivity index is 1.67. The molecule has 26 heavy (non-hydrogen) atoms. The highest BCUT2D eigenvalue weighted by Gasteiger charge is 2.34. The van der Waals surface area contributed by atoms with E-state index in [2.05, 4.69) is 4.98 Å². The molecule has 0 spiro atoms. The van der Waals surface area contributed by atoms with E-state index in [1.807, 2.05) is 24.3 Å². The number of benzene rings is 2. The second-order valence-corrected chi connectivity index (χ2v) is 6.38. The lowest BCUT2D eigenvalue weighted by Gasteiger charge is -2.34. The first-order valence-corrected chi connectivity index (χ1v) is 8.31. The van der Waals surface area contributed by atoms with Crippen LogP contribution in [0.1, 0.15) is 11.1 Å². The van der Waals surface area contributed by atoms with Gasteiger partial charge >= 0.3 is 11.7 Å². The van der Waals surface area contributed by atoms with Crippen LogP contribution in [-0.4, -0.2) is 37.5 Å². The third-order valence-electron chi connectivity index (χ3n) is 4.83. The number of aliphatic carboxylic acids is 1. The molecule has 2 N–H and O–H groups in total. The fraction of sp³-hybridized carbons (Fsp3) is 0.211. The monoisotopic (exact) mass is 351 g/mol. The number of fused-ring (bicyclic) bond motifs is 2. The number of aromatic nitrogens is 2. The molecule has 1 aliphatic heterocycles. The van der Waals surface area contributed by atoms with E-state index in [0.717, 1.165) is 11.1 Å². The smallest absolute Gasteiger partial charge is 0.326 e. The maximum atomic E-state index is 12.9. The molecular formula is C19H17N3O4. The molecule has 2 aromatic carbocycles. The molecule has 1 aliphatic rings.